The van der Waals surface area contributed by atoms with Crippen LogP contribution in [0.3, 0.4) is 0 Å². The highest BCUT2D eigenvalue weighted by Gasteiger charge is 2.25. The summed E-state index contributed by atoms with van der Waals surface area (Å²) in [5.74, 6) is 0.411. The van der Waals surface area contributed by atoms with Crippen LogP contribution in [-0.4, -0.2) is 30.9 Å². The summed E-state index contributed by atoms with van der Waals surface area (Å²) in [5, 5.41) is 0. The van der Waals surface area contributed by atoms with Crippen molar-refractivity contribution in [1.29, 1.82) is 0 Å². The molecule has 0 spiro atoms. The molecule has 0 aromatic heterocycles. The summed E-state index contributed by atoms with van der Waals surface area (Å²) in [4.78, 5) is 16.4. The SMILES string of the molecule is C=CC1=C(N)N(C)CCN(c2cccc(CCCC)c2)C1=O. The second-order valence-electron chi connectivity index (χ2n) is 5.65. The van der Waals surface area contributed by atoms with Gasteiger partial charge in [-0.25, -0.2) is 0 Å². The summed E-state index contributed by atoms with van der Waals surface area (Å²) >= 11 is 0. The van der Waals surface area contributed by atoms with Crippen molar-refractivity contribution in [3.63, 3.8) is 0 Å². The van der Waals surface area contributed by atoms with Crippen LogP contribution in [0.25, 0.3) is 0 Å². The van der Waals surface area contributed by atoms with Crippen LogP contribution in [0.4, 0.5) is 5.69 Å². The third-order valence-electron chi connectivity index (χ3n) is 4.07. The van der Waals surface area contributed by atoms with Gasteiger partial charge in [0, 0.05) is 25.8 Å². The number of anilines is 1. The maximum Gasteiger partial charge on any atom is 0.261 e. The van der Waals surface area contributed by atoms with E-state index in [1.165, 1.54) is 5.56 Å². The van der Waals surface area contributed by atoms with Gasteiger partial charge in [-0.3, -0.25) is 4.79 Å². The zero-order chi connectivity index (χ0) is 16.1. The molecule has 2 rings (SSSR count). The summed E-state index contributed by atoms with van der Waals surface area (Å²) in [6, 6.07) is 8.22. The van der Waals surface area contributed by atoms with Gasteiger partial charge in [-0.15, -0.1) is 0 Å². The van der Waals surface area contributed by atoms with Crippen LogP contribution in [0.1, 0.15) is 25.3 Å². The van der Waals surface area contributed by atoms with Crippen molar-refractivity contribution in [1.82, 2.24) is 4.90 Å². The molecule has 1 aromatic carbocycles. The monoisotopic (exact) mass is 299 g/mol. The molecule has 2 N–H and O–H groups in total. The largest absolute Gasteiger partial charge is 0.385 e. The van der Waals surface area contributed by atoms with Gasteiger partial charge in [0.15, 0.2) is 0 Å². The smallest absolute Gasteiger partial charge is 0.261 e. The lowest BCUT2D eigenvalue weighted by atomic mass is 10.1. The highest BCUT2D eigenvalue weighted by molar-refractivity contribution is 6.08. The number of carbonyl (C=O) groups is 1. The van der Waals surface area contributed by atoms with Crippen molar-refractivity contribution in [2.75, 3.05) is 25.0 Å². The van der Waals surface area contributed by atoms with Crippen LogP contribution >= 0.6 is 0 Å². The van der Waals surface area contributed by atoms with E-state index in [0.29, 0.717) is 24.5 Å². The highest BCUT2D eigenvalue weighted by atomic mass is 16.2. The average molecular weight is 299 g/mol. The number of unbranched alkanes of at least 4 members (excludes halogenated alkanes) is 1. The first kappa shape index (κ1) is 16.1. The predicted molar refractivity (Wildman–Crippen MR) is 91.4 cm³/mol. The van der Waals surface area contributed by atoms with Crippen molar-refractivity contribution in [2.45, 2.75) is 26.2 Å². The zero-order valence-corrected chi connectivity index (χ0v) is 13.5. The van der Waals surface area contributed by atoms with E-state index in [4.69, 9.17) is 5.73 Å². The number of amides is 1. The van der Waals surface area contributed by atoms with Gasteiger partial charge in [-0.2, -0.15) is 0 Å². The molecule has 1 aromatic rings. The molecule has 0 aliphatic carbocycles. The zero-order valence-electron chi connectivity index (χ0n) is 13.5. The Hall–Kier alpha value is -2.23. The third-order valence-corrected chi connectivity index (χ3v) is 4.07. The molecule has 0 bridgehead atoms. The first-order valence-corrected chi connectivity index (χ1v) is 7.82. The van der Waals surface area contributed by atoms with Gasteiger partial charge in [-0.1, -0.05) is 38.1 Å². The van der Waals surface area contributed by atoms with Gasteiger partial charge in [0.1, 0.15) is 5.82 Å². The van der Waals surface area contributed by atoms with Crippen LogP contribution in [0.2, 0.25) is 0 Å². The van der Waals surface area contributed by atoms with Gasteiger partial charge in [0.05, 0.1) is 5.57 Å². The minimum Gasteiger partial charge on any atom is -0.385 e. The number of hydrogen-bond donors (Lipinski definition) is 1. The average Bonchev–Trinajstić information content (AvgIpc) is 2.63. The Morgan fingerprint density at radius 1 is 1.36 bits per heavy atom. The minimum absolute atomic E-state index is 0.0792. The number of carbonyl (C=O) groups excluding carboxylic acids is 1. The van der Waals surface area contributed by atoms with E-state index in [1.807, 2.05) is 24.1 Å². The summed E-state index contributed by atoms with van der Waals surface area (Å²) in [6.45, 7) is 7.24. The van der Waals surface area contributed by atoms with E-state index < -0.39 is 0 Å². The fourth-order valence-corrected chi connectivity index (χ4v) is 2.63. The van der Waals surface area contributed by atoms with E-state index in [9.17, 15) is 4.79 Å². The van der Waals surface area contributed by atoms with Crippen LogP contribution in [0, 0.1) is 0 Å². The highest BCUT2D eigenvalue weighted by Crippen LogP contribution is 2.23. The number of benzene rings is 1. The van der Waals surface area contributed by atoms with Gasteiger partial charge in [0.25, 0.3) is 5.91 Å². The summed E-state index contributed by atoms with van der Waals surface area (Å²) in [5.41, 5.74) is 8.71. The molecule has 1 amide bonds. The molecular formula is C18H25N3O. The van der Waals surface area contributed by atoms with Crippen molar-refractivity contribution < 1.29 is 4.79 Å². The number of hydrogen-bond acceptors (Lipinski definition) is 3. The Morgan fingerprint density at radius 3 is 2.82 bits per heavy atom. The van der Waals surface area contributed by atoms with Gasteiger partial charge < -0.3 is 15.5 Å². The minimum atomic E-state index is -0.0792. The molecule has 0 radical (unpaired) electrons. The fraction of sp³-hybridized carbons (Fsp3) is 0.389. The molecule has 0 atom stereocenters. The Kier molecular flexibility index (Phi) is 5.26. The van der Waals surface area contributed by atoms with Crippen molar-refractivity contribution in [3.8, 4) is 0 Å². The molecule has 0 unspecified atom stereocenters. The van der Waals surface area contributed by atoms with E-state index in [0.717, 1.165) is 24.9 Å². The lowest BCUT2D eigenvalue weighted by Crippen LogP contribution is -2.34. The molecule has 1 heterocycles. The number of nitrogens with zero attached hydrogens (tertiary/aromatic N) is 2. The number of likely N-dealkylation sites (N-methyl/N-ethyl adjacent to an activating group) is 1. The fourth-order valence-electron chi connectivity index (χ4n) is 2.63. The summed E-state index contributed by atoms with van der Waals surface area (Å²) in [6.07, 6.45) is 4.91. The Bertz CT molecular complexity index is 592. The molecule has 0 fully saturated rings. The Morgan fingerprint density at radius 2 is 2.14 bits per heavy atom. The molecule has 22 heavy (non-hydrogen) atoms. The predicted octanol–water partition coefficient (Wildman–Crippen LogP) is 2.66. The number of rotatable bonds is 5. The lowest BCUT2D eigenvalue weighted by molar-refractivity contribution is -0.114. The standard InChI is InChI=1S/C18H25N3O/c1-4-6-8-14-9-7-10-15(13-14)21-12-11-20(3)17(19)16(5-2)18(21)22/h5,7,9-10,13H,2,4,6,8,11-12,19H2,1,3H3. The van der Waals surface area contributed by atoms with Gasteiger partial charge in [0.2, 0.25) is 0 Å². The van der Waals surface area contributed by atoms with Gasteiger partial charge in [-0.05, 0) is 30.5 Å². The van der Waals surface area contributed by atoms with E-state index in [2.05, 4.69) is 25.6 Å². The van der Waals surface area contributed by atoms with Crippen molar-refractivity contribution in [2.24, 2.45) is 5.73 Å². The molecule has 4 heteroatoms. The second-order valence-corrected chi connectivity index (χ2v) is 5.65. The molecule has 1 aliphatic heterocycles. The first-order chi connectivity index (χ1) is 10.6. The molecule has 0 saturated carbocycles. The van der Waals surface area contributed by atoms with E-state index in [1.54, 1.807) is 11.0 Å². The normalized spacial score (nSPS) is 16.0. The maximum absolute atomic E-state index is 12.7. The van der Waals surface area contributed by atoms with Gasteiger partial charge >= 0.3 is 0 Å². The number of nitrogens with two attached hydrogens (primary N) is 1. The molecule has 4 nitrogen and oxygen atoms in total. The maximum atomic E-state index is 12.7. The van der Waals surface area contributed by atoms with Crippen LogP contribution in [0.5, 0.6) is 0 Å². The molecule has 0 saturated heterocycles. The first-order valence-electron chi connectivity index (χ1n) is 7.82. The number of aryl methyl sites for hydroxylation is 1. The van der Waals surface area contributed by atoms with Crippen LogP contribution in [-0.2, 0) is 11.2 Å². The third kappa shape index (κ3) is 3.32. The Labute approximate surface area is 132 Å². The van der Waals surface area contributed by atoms with Crippen LogP contribution < -0.4 is 10.6 Å². The Balaban J connectivity index is 2.32. The quantitative estimate of drug-likeness (QED) is 0.909. The molecule has 118 valence electrons. The molecule has 1 aliphatic rings. The molecular weight excluding hydrogens is 274 g/mol. The topological polar surface area (TPSA) is 49.6 Å². The van der Waals surface area contributed by atoms with E-state index in [-0.39, 0.29) is 5.91 Å². The lowest BCUT2D eigenvalue weighted by Gasteiger charge is -2.22. The van der Waals surface area contributed by atoms with Crippen molar-refractivity contribution >= 4 is 11.6 Å². The van der Waals surface area contributed by atoms with E-state index >= 15 is 0 Å². The summed E-state index contributed by atoms with van der Waals surface area (Å²) in [7, 11) is 1.90. The summed E-state index contributed by atoms with van der Waals surface area (Å²) < 4.78 is 0. The second kappa shape index (κ2) is 7.16. The van der Waals surface area contributed by atoms with Crippen molar-refractivity contribution in [3.05, 3.63) is 53.9 Å². The van der Waals surface area contributed by atoms with Crippen LogP contribution in [0.15, 0.2) is 48.3 Å².